The number of rotatable bonds is 36. The molecule has 0 amide bonds. The second-order valence-corrected chi connectivity index (χ2v) is 13.6. The van der Waals surface area contributed by atoms with Crippen LogP contribution in [0.15, 0.2) is 122 Å². The summed E-state index contributed by atoms with van der Waals surface area (Å²) >= 11 is 0. The summed E-state index contributed by atoms with van der Waals surface area (Å²) in [5, 5.41) is 0. The van der Waals surface area contributed by atoms with Crippen molar-refractivity contribution < 1.29 is 28.6 Å². The van der Waals surface area contributed by atoms with Gasteiger partial charge in [0.25, 0.3) is 0 Å². The van der Waals surface area contributed by atoms with E-state index >= 15 is 0 Å². The zero-order valence-electron chi connectivity index (χ0n) is 35.3. The lowest BCUT2D eigenvalue weighted by Gasteiger charge is -2.18. The molecule has 0 aliphatic rings. The molecular formula is C50H76O6. The Labute approximate surface area is 342 Å². The van der Waals surface area contributed by atoms with Crippen molar-refractivity contribution in [2.24, 2.45) is 0 Å². The van der Waals surface area contributed by atoms with Gasteiger partial charge in [-0.25, -0.2) is 0 Å². The zero-order chi connectivity index (χ0) is 40.8. The van der Waals surface area contributed by atoms with Gasteiger partial charge in [-0.15, -0.1) is 0 Å². The Morgan fingerprint density at radius 3 is 1.27 bits per heavy atom. The van der Waals surface area contributed by atoms with Crippen LogP contribution in [0, 0.1) is 0 Å². The Bertz CT molecular complexity index is 1260. The summed E-state index contributed by atoms with van der Waals surface area (Å²) in [7, 11) is 0. The quantitative estimate of drug-likeness (QED) is 0.0207. The fourth-order valence-corrected chi connectivity index (χ4v) is 5.17. The number of carbonyl (C=O) groups excluding carboxylic acids is 3. The van der Waals surface area contributed by atoms with Crippen LogP contribution in [-0.2, 0) is 28.6 Å². The summed E-state index contributed by atoms with van der Waals surface area (Å²) in [5.41, 5.74) is 0. The fraction of sp³-hybridized carbons (Fsp3) is 0.540. The van der Waals surface area contributed by atoms with Crippen LogP contribution in [0.3, 0.4) is 0 Å². The molecule has 0 heterocycles. The van der Waals surface area contributed by atoms with Crippen LogP contribution in [0.4, 0.5) is 0 Å². The molecule has 0 fully saturated rings. The molecule has 0 rings (SSSR count). The Balaban J connectivity index is 4.58. The molecule has 0 bridgehead atoms. The van der Waals surface area contributed by atoms with Crippen LogP contribution < -0.4 is 0 Å². The Morgan fingerprint density at radius 2 is 0.732 bits per heavy atom. The van der Waals surface area contributed by atoms with Gasteiger partial charge in [-0.3, -0.25) is 14.4 Å². The molecule has 0 radical (unpaired) electrons. The summed E-state index contributed by atoms with van der Waals surface area (Å²) in [5.74, 6) is -1.04. The van der Waals surface area contributed by atoms with E-state index in [-0.39, 0.29) is 37.5 Å². The van der Waals surface area contributed by atoms with Gasteiger partial charge >= 0.3 is 17.9 Å². The molecule has 0 saturated heterocycles. The molecule has 1 unspecified atom stereocenters. The third-order valence-corrected chi connectivity index (χ3v) is 8.35. The molecular weight excluding hydrogens is 697 g/mol. The smallest absolute Gasteiger partial charge is 0.306 e. The Hall–Kier alpha value is -4.19. The molecule has 0 aromatic carbocycles. The lowest BCUT2D eigenvalue weighted by molar-refractivity contribution is -0.167. The average Bonchev–Trinajstić information content (AvgIpc) is 3.19. The normalized spacial score (nSPS) is 13.3. The van der Waals surface area contributed by atoms with Gasteiger partial charge in [-0.05, 0) is 89.9 Å². The highest BCUT2D eigenvalue weighted by molar-refractivity contribution is 5.71. The lowest BCUT2D eigenvalue weighted by atomic mass is 10.1. The van der Waals surface area contributed by atoms with E-state index in [1.165, 1.54) is 0 Å². The van der Waals surface area contributed by atoms with Crippen LogP contribution in [-0.4, -0.2) is 37.2 Å². The number of esters is 3. The summed E-state index contributed by atoms with van der Waals surface area (Å²) in [4.78, 5) is 37.7. The van der Waals surface area contributed by atoms with Crippen LogP contribution >= 0.6 is 0 Å². The topological polar surface area (TPSA) is 78.9 Å². The van der Waals surface area contributed by atoms with E-state index in [9.17, 15) is 14.4 Å². The number of unbranched alkanes of at least 4 members (excludes halogenated alkanes) is 10. The minimum Gasteiger partial charge on any atom is -0.462 e. The van der Waals surface area contributed by atoms with Gasteiger partial charge in [0.05, 0.1) is 0 Å². The molecule has 312 valence electrons. The highest BCUT2D eigenvalue weighted by atomic mass is 16.6. The van der Waals surface area contributed by atoms with Gasteiger partial charge in [-0.2, -0.15) is 0 Å². The second kappa shape index (κ2) is 43.5. The second-order valence-electron chi connectivity index (χ2n) is 13.6. The summed E-state index contributed by atoms with van der Waals surface area (Å²) < 4.78 is 16.6. The molecule has 0 aliphatic carbocycles. The van der Waals surface area contributed by atoms with Gasteiger partial charge in [0.15, 0.2) is 6.10 Å². The molecule has 6 nitrogen and oxygen atoms in total. The number of hydrogen-bond donors (Lipinski definition) is 0. The average molecular weight is 773 g/mol. The zero-order valence-corrected chi connectivity index (χ0v) is 35.3. The van der Waals surface area contributed by atoms with Crippen molar-refractivity contribution >= 4 is 17.9 Å². The first-order valence-corrected chi connectivity index (χ1v) is 21.6. The largest absolute Gasteiger partial charge is 0.462 e. The van der Waals surface area contributed by atoms with Crippen molar-refractivity contribution in [3.63, 3.8) is 0 Å². The van der Waals surface area contributed by atoms with Gasteiger partial charge in [0, 0.05) is 19.3 Å². The van der Waals surface area contributed by atoms with Crippen LogP contribution in [0.25, 0.3) is 0 Å². The number of allylic oxidation sites excluding steroid dienone is 20. The van der Waals surface area contributed by atoms with E-state index in [4.69, 9.17) is 14.2 Å². The van der Waals surface area contributed by atoms with Gasteiger partial charge < -0.3 is 14.2 Å². The number of carbonyl (C=O) groups is 3. The first-order chi connectivity index (χ1) is 27.5. The maximum absolute atomic E-state index is 12.7. The van der Waals surface area contributed by atoms with Gasteiger partial charge in [-0.1, -0.05) is 168 Å². The summed E-state index contributed by atoms with van der Waals surface area (Å²) in [6.07, 6.45) is 59.0. The third kappa shape index (κ3) is 41.0. The van der Waals surface area contributed by atoms with E-state index in [1.807, 2.05) is 42.5 Å². The maximum Gasteiger partial charge on any atom is 0.306 e. The van der Waals surface area contributed by atoms with Crippen LogP contribution in [0.2, 0.25) is 0 Å². The number of hydrogen-bond acceptors (Lipinski definition) is 6. The maximum atomic E-state index is 12.7. The molecule has 0 aliphatic heterocycles. The SMILES string of the molecule is CC\C=C/C=C\C=C/C=C\CCCCCC(=O)OCC(COC(=O)CCCC/C=C\C/C=C\C/C=C\CC)OC(=O)CCCCCCC\C=C/C=C\C=C/CC. The predicted octanol–water partition coefficient (Wildman–Crippen LogP) is 13.8. The van der Waals surface area contributed by atoms with Crippen molar-refractivity contribution in [3.8, 4) is 0 Å². The van der Waals surface area contributed by atoms with Gasteiger partial charge in [0.2, 0.25) is 0 Å². The monoisotopic (exact) mass is 773 g/mol. The molecule has 1 atom stereocenters. The molecule has 6 heteroatoms. The van der Waals surface area contributed by atoms with Crippen molar-refractivity contribution in [2.45, 2.75) is 162 Å². The van der Waals surface area contributed by atoms with Crippen molar-refractivity contribution in [1.29, 1.82) is 0 Å². The Kier molecular flexibility index (Phi) is 40.3. The van der Waals surface area contributed by atoms with Crippen LogP contribution in [0.5, 0.6) is 0 Å². The van der Waals surface area contributed by atoms with Crippen LogP contribution in [0.1, 0.15) is 156 Å². The molecule has 0 aromatic heterocycles. The van der Waals surface area contributed by atoms with E-state index < -0.39 is 6.10 Å². The first-order valence-electron chi connectivity index (χ1n) is 21.6. The molecule has 0 N–H and O–H groups in total. The van der Waals surface area contributed by atoms with Crippen molar-refractivity contribution in [1.82, 2.24) is 0 Å². The molecule has 56 heavy (non-hydrogen) atoms. The van der Waals surface area contributed by atoms with E-state index in [0.29, 0.717) is 19.3 Å². The fourth-order valence-electron chi connectivity index (χ4n) is 5.17. The molecule has 0 spiro atoms. The first kappa shape index (κ1) is 51.8. The summed E-state index contributed by atoms with van der Waals surface area (Å²) in [6, 6.07) is 0. The van der Waals surface area contributed by atoms with Crippen molar-refractivity contribution in [3.05, 3.63) is 122 Å². The highest BCUT2D eigenvalue weighted by Gasteiger charge is 2.19. The third-order valence-electron chi connectivity index (χ3n) is 8.35. The Morgan fingerprint density at radius 1 is 0.375 bits per heavy atom. The summed E-state index contributed by atoms with van der Waals surface area (Å²) in [6.45, 7) is 6.11. The predicted molar refractivity (Wildman–Crippen MR) is 237 cm³/mol. The minimum absolute atomic E-state index is 0.124. The highest BCUT2D eigenvalue weighted by Crippen LogP contribution is 2.11. The minimum atomic E-state index is -0.821. The molecule has 0 saturated carbocycles. The number of ether oxygens (including phenoxy) is 3. The van der Waals surface area contributed by atoms with E-state index in [0.717, 1.165) is 109 Å². The van der Waals surface area contributed by atoms with Gasteiger partial charge in [0.1, 0.15) is 13.2 Å². The van der Waals surface area contributed by atoms with Crippen molar-refractivity contribution in [2.75, 3.05) is 13.2 Å². The lowest BCUT2D eigenvalue weighted by Crippen LogP contribution is -2.30. The standard InChI is InChI=1S/C50H76O6/c1-4-7-10-13-16-19-22-25-28-31-34-37-40-43-49(52)55-46-47(45-54-48(51)42-39-36-33-30-27-24-21-18-15-12-9-6-3)56-50(53)44-41-38-35-32-29-26-23-20-17-14-11-8-5-2/h7-14,16-23,25,27-28,30,47H,4-6,15,24,26,29,31-46H2,1-3H3/b10-7-,11-8-,12-9-,16-13-,17-14-,21-18-,22-19-,23-20-,28-25-,30-27-. The molecule has 0 aromatic rings. The van der Waals surface area contributed by atoms with E-state index in [1.54, 1.807) is 0 Å². The van der Waals surface area contributed by atoms with E-state index in [2.05, 4.69) is 99.8 Å².